The smallest absolute Gasteiger partial charge is 0.242 e. The molecular weight excluding hydrogens is 306 g/mol. The Kier molecular flexibility index (Phi) is 4.59. The van der Waals surface area contributed by atoms with Crippen LogP contribution < -0.4 is 4.72 Å². The Hall–Kier alpha value is -0.920. The van der Waals surface area contributed by atoms with E-state index < -0.39 is 16.1 Å². The molecule has 19 heavy (non-hydrogen) atoms. The van der Waals surface area contributed by atoms with Crippen molar-refractivity contribution in [3.8, 4) is 0 Å². The normalized spacial score (nSPS) is 13.4. The van der Waals surface area contributed by atoms with E-state index in [1.807, 2.05) is 5.38 Å². The standard InChI is InChI=1S/C12H12ClNO3S2/c13-10-3-1-2-4-12(10)19(16,17)14-7-11(15)9-5-6-18-8-9/h1-6,8,11,14-15H,7H2/t11-/m1/s1. The van der Waals surface area contributed by atoms with Crippen LogP contribution in [0.5, 0.6) is 0 Å². The number of sulfonamides is 1. The lowest BCUT2D eigenvalue weighted by Gasteiger charge is -2.11. The van der Waals surface area contributed by atoms with Gasteiger partial charge < -0.3 is 5.11 Å². The summed E-state index contributed by atoms with van der Waals surface area (Å²) in [6.45, 7) is -0.0930. The highest BCUT2D eigenvalue weighted by atomic mass is 35.5. The number of thiophene rings is 1. The van der Waals surface area contributed by atoms with Gasteiger partial charge in [0, 0.05) is 6.54 Å². The van der Waals surface area contributed by atoms with Crippen LogP contribution in [0.1, 0.15) is 11.7 Å². The molecule has 0 bridgehead atoms. The molecule has 0 aliphatic carbocycles. The molecule has 2 N–H and O–H groups in total. The topological polar surface area (TPSA) is 66.4 Å². The Bertz CT molecular complexity index is 641. The lowest BCUT2D eigenvalue weighted by atomic mass is 10.2. The zero-order valence-electron chi connectivity index (χ0n) is 9.78. The van der Waals surface area contributed by atoms with Crippen LogP contribution in [0.15, 0.2) is 46.0 Å². The van der Waals surface area contributed by atoms with Crippen LogP contribution in [0.2, 0.25) is 5.02 Å². The Morgan fingerprint density at radius 2 is 2.05 bits per heavy atom. The second kappa shape index (κ2) is 6.02. The van der Waals surface area contributed by atoms with Crippen molar-refractivity contribution in [1.82, 2.24) is 4.72 Å². The van der Waals surface area contributed by atoms with Crippen molar-refractivity contribution < 1.29 is 13.5 Å². The van der Waals surface area contributed by atoms with Gasteiger partial charge in [-0.3, -0.25) is 0 Å². The summed E-state index contributed by atoms with van der Waals surface area (Å²) in [4.78, 5) is 0.00850. The summed E-state index contributed by atoms with van der Waals surface area (Å²) in [6.07, 6.45) is -0.872. The van der Waals surface area contributed by atoms with E-state index in [0.29, 0.717) is 5.56 Å². The van der Waals surface area contributed by atoms with E-state index in [9.17, 15) is 13.5 Å². The zero-order valence-corrected chi connectivity index (χ0v) is 12.2. The molecule has 0 saturated carbocycles. The molecule has 1 aromatic heterocycles. The molecule has 102 valence electrons. The van der Waals surface area contributed by atoms with E-state index in [2.05, 4.69) is 4.72 Å². The van der Waals surface area contributed by atoms with Crippen LogP contribution in [0.25, 0.3) is 0 Å². The fourth-order valence-electron chi connectivity index (χ4n) is 1.51. The average molecular weight is 318 g/mol. The molecule has 7 heteroatoms. The number of benzene rings is 1. The molecule has 0 fully saturated rings. The highest BCUT2D eigenvalue weighted by Gasteiger charge is 2.19. The molecule has 2 aromatic rings. The summed E-state index contributed by atoms with van der Waals surface area (Å²) >= 11 is 7.29. The fourth-order valence-corrected chi connectivity index (χ4v) is 3.77. The maximum Gasteiger partial charge on any atom is 0.242 e. The van der Waals surface area contributed by atoms with E-state index in [1.54, 1.807) is 23.6 Å². The van der Waals surface area contributed by atoms with Crippen LogP contribution >= 0.6 is 22.9 Å². The summed E-state index contributed by atoms with van der Waals surface area (Å²) < 4.78 is 26.4. The van der Waals surface area contributed by atoms with Gasteiger partial charge in [0.05, 0.1) is 11.1 Å². The van der Waals surface area contributed by atoms with Crippen molar-refractivity contribution >= 4 is 33.0 Å². The monoisotopic (exact) mass is 317 g/mol. The minimum atomic E-state index is -3.72. The molecule has 1 atom stereocenters. The van der Waals surface area contributed by atoms with Crippen LogP contribution in [-0.2, 0) is 10.0 Å². The first-order chi connectivity index (χ1) is 9.00. The number of hydrogen-bond acceptors (Lipinski definition) is 4. The van der Waals surface area contributed by atoms with Crippen LogP contribution in [0, 0.1) is 0 Å². The molecule has 2 rings (SSSR count). The van der Waals surface area contributed by atoms with Gasteiger partial charge in [0.25, 0.3) is 0 Å². The molecule has 1 aromatic carbocycles. The Labute approximate surface area is 120 Å². The number of halogens is 1. The van der Waals surface area contributed by atoms with Crippen molar-refractivity contribution in [3.05, 3.63) is 51.7 Å². The van der Waals surface area contributed by atoms with Crippen molar-refractivity contribution in [3.63, 3.8) is 0 Å². The average Bonchev–Trinajstić information content (AvgIpc) is 2.90. The molecule has 0 spiro atoms. The first-order valence-corrected chi connectivity index (χ1v) is 8.25. The van der Waals surface area contributed by atoms with Gasteiger partial charge >= 0.3 is 0 Å². The predicted octanol–water partition coefficient (Wildman–Crippen LogP) is 2.41. The van der Waals surface area contributed by atoms with Crippen LogP contribution in [-0.4, -0.2) is 20.1 Å². The lowest BCUT2D eigenvalue weighted by molar-refractivity contribution is 0.182. The summed E-state index contributed by atoms with van der Waals surface area (Å²) in [5, 5.41) is 13.6. The first-order valence-electron chi connectivity index (χ1n) is 5.45. The van der Waals surface area contributed by atoms with E-state index in [4.69, 9.17) is 11.6 Å². The van der Waals surface area contributed by atoms with E-state index in [-0.39, 0.29) is 16.5 Å². The number of aliphatic hydroxyl groups is 1. The van der Waals surface area contributed by atoms with Crippen LogP contribution in [0.4, 0.5) is 0 Å². The van der Waals surface area contributed by atoms with Gasteiger partial charge in [-0.05, 0) is 34.5 Å². The first kappa shape index (κ1) is 14.5. The molecule has 1 heterocycles. The summed E-state index contributed by atoms with van der Waals surface area (Å²) in [5.74, 6) is 0. The lowest BCUT2D eigenvalue weighted by Crippen LogP contribution is -2.28. The third kappa shape index (κ3) is 3.55. The second-order valence-electron chi connectivity index (χ2n) is 3.85. The minimum Gasteiger partial charge on any atom is -0.387 e. The van der Waals surface area contributed by atoms with Gasteiger partial charge in [-0.2, -0.15) is 11.3 Å². The van der Waals surface area contributed by atoms with Gasteiger partial charge in [0.15, 0.2) is 0 Å². The Balaban J connectivity index is 2.09. The van der Waals surface area contributed by atoms with E-state index >= 15 is 0 Å². The maximum absolute atomic E-state index is 12.0. The predicted molar refractivity (Wildman–Crippen MR) is 75.9 cm³/mol. The molecule has 0 saturated heterocycles. The number of rotatable bonds is 5. The summed E-state index contributed by atoms with van der Waals surface area (Å²) in [6, 6.07) is 7.92. The maximum atomic E-state index is 12.0. The van der Waals surface area contributed by atoms with Crippen molar-refractivity contribution in [2.75, 3.05) is 6.54 Å². The highest BCUT2D eigenvalue weighted by molar-refractivity contribution is 7.89. The molecular formula is C12H12ClNO3S2. The van der Waals surface area contributed by atoms with Gasteiger partial charge in [-0.1, -0.05) is 23.7 Å². The summed E-state index contributed by atoms with van der Waals surface area (Å²) in [5.41, 5.74) is 0.687. The quantitative estimate of drug-likeness (QED) is 0.890. The van der Waals surface area contributed by atoms with Crippen molar-refractivity contribution in [1.29, 1.82) is 0 Å². The third-order valence-corrected chi connectivity index (χ3v) is 5.15. The zero-order chi connectivity index (χ0) is 13.9. The Morgan fingerprint density at radius 3 is 2.68 bits per heavy atom. The van der Waals surface area contributed by atoms with Gasteiger partial charge in [0.2, 0.25) is 10.0 Å². The molecule has 0 aliphatic heterocycles. The number of hydrogen-bond donors (Lipinski definition) is 2. The van der Waals surface area contributed by atoms with Gasteiger partial charge in [-0.15, -0.1) is 0 Å². The molecule has 4 nitrogen and oxygen atoms in total. The van der Waals surface area contributed by atoms with E-state index in [0.717, 1.165) is 0 Å². The van der Waals surface area contributed by atoms with Crippen LogP contribution in [0.3, 0.4) is 0 Å². The molecule has 0 aliphatic rings. The third-order valence-electron chi connectivity index (χ3n) is 2.52. The molecule has 0 amide bonds. The molecule has 0 unspecified atom stereocenters. The van der Waals surface area contributed by atoms with Crippen molar-refractivity contribution in [2.24, 2.45) is 0 Å². The number of aliphatic hydroxyl groups excluding tert-OH is 1. The SMILES string of the molecule is O=S(=O)(NC[C@@H](O)c1ccsc1)c1ccccc1Cl. The van der Waals surface area contributed by atoms with E-state index in [1.165, 1.54) is 23.5 Å². The highest BCUT2D eigenvalue weighted by Crippen LogP contribution is 2.21. The molecule has 0 radical (unpaired) electrons. The van der Waals surface area contributed by atoms with Gasteiger partial charge in [0.1, 0.15) is 4.90 Å². The largest absolute Gasteiger partial charge is 0.387 e. The van der Waals surface area contributed by atoms with Gasteiger partial charge in [-0.25, -0.2) is 13.1 Å². The second-order valence-corrected chi connectivity index (χ2v) is 6.78. The van der Waals surface area contributed by atoms with Crippen molar-refractivity contribution in [2.45, 2.75) is 11.0 Å². The number of nitrogens with one attached hydrogen (secondary N) is 1. The Morgan fingerprint density at radius 1 is 1.32 bits per heavy atom. The minimum absolute atomic E-state index is 0.00850. The summed E-state index contributed by atoms with van der Waals surface area (Å²) in [7, 11) is -3.72. The fraction of sp³-hybridized carbons (Fsp3) is 0.167.